The molecule has 1 aliphatic rings. The van der Waals surface area contributed by atoms with Crippen LogP contribution >= 0.6 is 11.8 Å². The van der Waals surface area contributed by atoms with E-state index in [0.717, 1.165) is 27.9 Å². The molecule has 106 valence electrons. The highest BCUT2D eigenvalue weighted by atomic mass is 32.2. The Morgan fingerprint density at radius 1 is 1.40 bits per heavy atom. The Balaban J connectivity index is 2.04. The first kappa shape index (κ1) is 14.4. The van der Waals surface area contributed by atoms with Crippen molar-refractivity contribution in [1.82, 2.24) is 4.90 Å². The molecule has 20 heavy (non-hydrogen) atoms. The largest absolute Gasteiger partial charge is 0.550 e. The van der Waals surface area contributed by atoms with E-state index in [0.29, 0.717) is 0 Å². The summed E-state index contributed by atoms with van der Waals surface area (Å²) in [6, 6.07) is 7.41. The quantitative estimate of drug-likeness (QED) is 0.853. The first-order chi connectivity index (χ1) is 9.49. The lowest BCUT2D eigenvalue weighted by Gasteiger charge is -2.15. The fourth-order valence-corrected chi connectivity index (χ4v) is 2.74. The van der Waals surface area contributed by atoms with Crippen LogP contribution in [0.1, 0.15) is 12.0 Å². The van der Waals surface area contributed by atoms with Gasteiger partial charge < -0.3 is 15.2 Å². The Morgan fingerprint density at radius 2 is 2.10 bits per heavy atom. The summed E-state index contributed by atoms with van der Waals surface area (Å²) in [5.74, 6) is -1.71. The molecule has 0 aromatic heterocycles. The zero-order valence-corrected chi connectivity index (χ0v) is 11.6. The molecule has 0 spiro atoms. The van der Waals surface area contributed by atoms with Crippen molar-refractivity contribution in [2.45, 2.75) is 18.7 Å². The average molecular weight is 293 g/mol. The molecule has 1 aromatic carbocycles. The number of para-hydroxylation sites is 1. The van der Waals surface area contributed by atoms with Gasteiger partial charge in [-0.3, -0.25) is 14.5 Å². The number of imide groups is 1. The van der Waals surface area contributed by atoms with Gasteiger partial charge in [0.05, 0.1) is 0 Å². The summed E-state index contributed by atoms with van der Waals surface area (Å²) in [6.07, 6.45) is -0.352. The Labute approximate surface area is 120 Å². The maximum absolute atomic E-state index is 12.1. The van der Waals surface area contributed by atoms with Gasteiger partial charge in [-0.1, -0.05) is 18.2 Å². The normalized spacial score (nSPS) is 18.4. The standard InChI is InChI=1S/C13H14N2O4S/c1-8-4-2-3-5-9(8)14-11-12(18)15(13(19)20-11)7-6-10(16)17/h2-5,11,14H,6-7H2,1H3,(H,16,17)/p-1/t11-/m0/s1. The van der Waals surface area contributed by atoms with Gasteiger partial charge in [0.2, 0.25) is 0 Å². The van der Waals surface area contributed by atoms with E-state index in [1.54, 1.807) is 0 Å². The monoisotopic (exact) mass is 293 g/mol. The number of carboxylic acid groups (broad SMARTS) is 1. The van der Waals surface area contributed by atoms with Crippen LogP contribution in [0.15, 0.2) is 24.3 Å². The summed E-state index contributed by atoms with van der Waals surface area (Å²) < 4.78 is 0. The molecule has 1 N–H and O–H groups in total. The number of hydrogen-bond donors (Lipinski definition) is 1. The first-order valence-electron chi connectivity index (χ1n) is 6.03. The minimum absolute atomic E-state index is 0.154. The molecule has 1 saturated heterocycles. The first-order valence-corrected chi connectivity index (χ1v) is 6.91. The van der Waals surface area contributed by atoms with E-state index in [1.165, 1.54) is 0 Å². The van der Waals surface area contributed by atoms with Crippen molar-refractivity contribution in [3.63, 3.8) is 0 Å². The third kappa shape index (κ3) is 3.11. The molecule has 7 heteroatoms. The van der Waals surface area contributed by atoms with Crippen LogP contribution in [0.5, 0.6) is 0 Å². The molecular weight excluding hydrogens is 280 g/mol. The summed E-state index contributed by atoms with van der Waals surface area (Å²) in [6.45, 7) is 1.74. The van der Waals surface area contributed by atoms with Gasteiger partial charge in [0.15, 0.2) is 5.37 Å². The molecule has 0 radical (unpaired) electrons. The van der Waals surface area contributed by atoms with Gasteiger partial charge in [-0.25, -0.2) is 0 Å². The summed E-state index contributed by atoms with van der Waals surface area (Å²) >= 11 is 0.850. The number of thioether (sulfide) groups is 1. The van der Waals surface area contributed by atoms with Crippen molar-refractivity contribution in [1.29, 1.82) is 0 Å². The van der Waals surface area contributed by atoms with Gasteiger partial charge >= 0.3 is 0 Å². The molecule has 2 amide bonds. The lowest BCUT2D eigenvalue weighted by atomic mass is 10.2. The van der Waals surface area contributed by atoms with Crippen molar-refractivity contribution in [2.24, 2.45) is 0 Å². The highest BCUT2D eigenvalue weighted by Crippen LogP contribution is 2.29. The average Bonchev–Trinajstić information content (AvgIpc) is 2.65. The van der Waals surface area contributed by atoms with Crippen LogP contribution in [-0.2, 0) is 9.59 Å². The number of carboxylic acids is 1. The smallest absolute Gasteiger partial charge is 0.290 e. The van der Waals surface area contributed by atoms with E-state index >= 15 is 0 Å². The third-order valence-electron chi connectivity index (χ3n) is 2.90. The zero-order valence-electron chi connectivity index (χ0n) is 10.8. The van der Waals surface area contributed by atoms with Gasteiger partial charge in [-0.05, 0) is 30.3 Å². The van der Waals surface area contributed by atoms with Crippen LogP contribution in [0.3, 0.4) is 0 Å². The van der Waals surface area contributed by atoms with E-state index in [4.69, 9.17) is 0 Å². The van der Waals surface area contributed by atoms with Gasteiger partial charge in [-0.2, -0.15) is 0 Å². The van der Waals surface area contributed by atoms with Crippen LogP contribution in [0, 0.1) is 6.92 Å². The Kier molecular flexibility index (Phi) is 4.29. The van der Waals surface area contributed by atoms with Crippen LogP contribution in [0.25, 0.3) is 0 Å². The Morgan fingerprint density at radius 3 is 2.75 bits per heavy atom. The van der Waals surface area contributed by atoms with Crippen LogP contribution in [0.4, 0.5) is 10.5 Å². The number of carbonyl (C=O) groups is 3. The number of rotatable bonds is 5. The molecule has 1 fully saturated rings. The molecule has 0 unspecified atom stereocenters. The maximum atomic E-state index is 12.1. The molecule has 2 rings (SSSR count). The summed E-state index contributed by atoms with van der Waals surface area (Å²) in [4.78, 5) is 35.1. The van der Waals surface area contributed by atoms with E-state index in [2.05, 4.69) is 5.32 Å². The SMILES string of the molecule is Cc1ccccc1N[C@H]1SC(=O)N(CCC(=O)[O-])C1=O. The summed E-state index contributed by atoms with van der Waals surface area (Å²) in [5.41, 5.74) is 1.73. The number of aryl methyl sites for hydroxylation is 1. The van der Waals surface area contributed by atoms with E-state index in [9.17, 15) is 19.5 Å². The van der Waals surface area contributed by atoms with Crippen molar-refractivity contribution in [3.8, 4) is 0 Å². The van der Waals surface area contributed by atoms with E-state index in [1.807, 2.05) is 31.2 Å². The number of nitrogens with one attached hydrogen (secondary N) is 1. The second kappa shape index (κ2) is 5.96. The van der Waals surface area contributed by atoms with Crippen molar-refractivity contribution < 1.29 is 19.5 Å². The minimum atomic E-state index is -1.29. The summed E-state index contributed by atoms with van der Waals surface area (Å²) in [5, 5.41) is 12.2. The molecule has 1 aromatic rings. The van der Waals surface area contributed by atoms with E-state index < -0.39 is 22.5 Å². The molecule has 1 heterocycles. The highest BCUT2D eigenvalue weighted by Gasteiger charge is 2.39. The third-order valence-corrected chi connectivity index (χ3v) is 3.88. The lowest BCUT2D eigenvalue weighted by Crippen LogP contribution is -2.37. The van der Waals surface area contributed by atoms with Gasteiger partial charge in [-0.15, -0.1) is 0 Å². The molecule has 0 aliphatic carbocycles. The summed E-state index contributed by atoms with van der Waals surface area (Å²) in [7, 11) is 0. The topological polar surface area (TPSA) is 89.5 Å². The number of carbonyl (C=O) groups excluding carboxylic acids is 3. The molecule has 6 nitrogen and oxygen atoms in total. The predicted octanol–water partition coefficient (Wildman–Crippen LogP) is 0.568. The second-order valence-corrected chi connectivity index (χ2v) is 5.39. The number of benzene rings is 1. The van der Waals surface area contributed by atoms with Crippen LogP contribution in [-0.4, -0.2) is 33.9 Å². The minimum Gasteiger partial charge on any atom is -0.550 e. The fraction of sp³-hybridized carbons (Fsp3) is 0.308. The van der Waals surface area contributed by atoms with Crippen LogP contribution < -0.4 is 10.4 Å². The number of anilines is 1. The predicted molar refractivity (Wildman–Crippen MR) is 72.9 cm³/mol. The number of nitrogens with zero attached hydrogens (tertiary/aromatic N) is 1. The molecule has 1 atom stereocenters. The van der Waals surface area contributed by atoms with Gasteiger partial charge in [0.1, 0.15) is 0 Å². The maximum Gasteiger partial charge on any atom is 0.290 e. The van der Waals surface area contributed by atoms with Crippen molar-refractivity contribution in [2.75, 3.05) is 11.9 Å². The van der Waals surface area contributed by atoms with Crippen LogP contribution in [0.2, 0.25) is 0 Å². The Hall–Kier alpha value is -2.02. The number of hydrogen-bond acceptors (Lipinski definition) is 6. The van der Waals surface area contributed by atoms with Crippen molar-refractivity contribution >= 4 is 34.6 Å². The second-order valence-electron chi connectivity index (χ2n) is 4.33. The highest BCUT2D eigenvalue weighted by molar-refractivity contribution is 8.15. The van der Waals surface area contributed by atoms with E-state index in [-0.39, 0.29) is 13.0 Å². The lowest BCUT2D eigenvalue weighted by molar-refractivity contribution is -0.305. The molecular formula is C13H13N2O4S-. The zero-order chi connectivity index (χ0) is 14.7. The number of amides is 2. The molecule has 0 saturated carbocycles. The molecule has 0 bridgehead atoms. The van der Waals surface area contributed by atoms with Gasteiger partial charge in [0.25, 0.3) is 11.1 Å². The Bertz CT molecular complexity index is 561. The molecule has 1 aliphatic heterocycles. The fourth-order valence-electron chi connectivity index (χ4n) is 1.82. The van der Waals surface area contributed by atoms with Gasteiger partial charge in [0, 0.05) is 24.6 Å². The number of aliphatic carboxylic acids is 1. The van der Waals surface area contributed by atoms with Crippen molar-refractivity contribution in [3.05, 3.63) is 29.8 Å².